The van der Waals surface area contributed by atoms with E-state index in [2.05, 4.69) is 10.2 Å². The van der Waals surface area contributed by atoms with Crippen molar-refractivity contribution in [3.8, 4) is 11.4 Å². The van der Waals surface area contributed by atoms with E-state index in [1.807, 2.05) is 88.6 Å². The number of para-hydroxylation sites is 1. The smallest absolute Gasteiger partial charge is 0.321 e. The third kappa shape index (κ3) is 5.18. The van der Waals surface area contributed by atoms with Crippen LogP contribution in [-0.4, -0.2) is 59.7 Å². The number of ether oxygens (including phenoxy) is 1. The summed E-state index contributed by atoms with van der Waals surface area (Å²) < 4.78 is 7.79. The number of aromatic nitrogens is 1. The summed E-state index contributed by atoms with van der Waals surface area (Å²) in [6.45, 7) is 4.67. The Hall–Kier alpha value is -3.25. The van der Waals surface area contributed by atoms with Crippen LogP contribution >= 0.6 is 0 Å². The highest BCUT2D eigenvalue weighted by molar-refractivity contribution is 5.89. The van der Waals surface area contributed by atoms with Crippen LogP contribution in [0.15, 0.2) is 79.1 Å². The largest absolute Gasteiger partial charge is 0.492 e. The molecular weight excluding hydrogens is 364 g/mol. The molecule has 0 spiro atoms. The molecule has 1 aromatic heterocycles. The summed E-state index contributed by atoms with van der Waals surface area (Å²) in [6, 6.07) is 21.6. The van der Waals surface area contributed by atoms with Gasteiger partial charge in [0.2, 0.25) is 0 Å². The zero-order valence-electron chi connectivity index (χ0n) is 16.4. The highest BCUT2D eigenvalue weighted by Gasteiger charge is 2.21. The average molecular weight is 390 g/mol. The van der Waals surface area contributed by atoms with Gasteiger partial charge in [0.1, 0.15) is 12.4 Å². The number of nitrogens with one attached hydrogen (secondary N) is 1. The van der Waals surface area contributed by atoms with Gasteiger partial charge >= 0.3 is 6.03 Å². The van der Waals surface area contributed by atoms with Gasteiger partial charge in [-0.15, -0.1) is 0 Å². The first-order valence-electron chi connectivity index (χ1n) is 9.97. The van der Waals surface area contributed by atoms with Crippen molar-refractivity contribution in [2.75, 3.05) is 44.6 Å². The Morgan fingerprint density at radius 1 is 0.897 bits per heavy atom. The predicted molar refractivity (Wildman–Crippen MR) is 115 cm³/mol. The minimum atomic E-state index is -0.0464. The normalized spacial score (nSPS) is 14.6. The number of benzene rings is 2. The first kappa shape index (κ1) is 19.1. The molecule has 0 aliphatic carbocycles. The van der Waals surface area contributed by atoms with Crippen molar-refractivity contribution in [2.24, 2.45) is 0 Å². The Morgan fingerprint density at radius 3 is 2.41 bits per heavy atom. The van der Waals surface area contributed by atoms with Gasteiger partial charge in [0.15, 0.2) is 0 Å². The second-order valence-corrected chi connectivity index (χ2v) is 7.06. The zero-order valence-corrected chi connectivity index (χ0v) is 16.4. The lowest BCUT2D eigenvalue weighted by molar-refractivity contribution is 0.132. The standard InChI is InChI=1S/C23H26N4O2/c28-23(24-20-7-6-8-21(19-20)26-11-4-5-12-26)27-15-13-25(14-16-27)17-18-29-22-9-2-1-3-10-22/h1-12,19H,13-18H2,(H,24,28). The molecule has 2 aromatic carbocycles. The van der Waals surface area contributed by atoms with Crippen molar-refractivity contribution in [3.63, 3.8) is 0 Å². The molecule has 1 saturated heterocycles. The Bertz CT molecular complexity index is 904. The van der Waals surface area contributed by atoms with Crippen molar-refractivity contribution in [2.45, 2.75) is 0 Å². The second kappa shape index (κ2) is 9.30. The molecule has 4 rings (SSSR count). The first-order chi connectivity index (χ1) is 14.3. The monoisotopic (exact) mass is 390 g/mol. The fourth-order valence-corrected chi connectivity index (χ4v) is 3.44. The summed E-state index contributed by atoms with van der Waals surface area (Å²) in [5.41, 5.74) is 1.83. The molecule has 1 aliphatic rings. The van der Waals surface area contributed by atoms with E-state index in [4.69, 9.17) is 4.74 Å². The number of carbonyl (C=O) groups is 1. The predicted octanol–water partition coefficient (Wildman–Crippen LogP) is 3.71. The van der Waals surface area contributed by atoms with Crippen LogP contribution in [0.1, 0.15) is 0 Å². The number of piperazine rings is 1. The van der Waals surface area contributed by atoms with Crippen LogP contribution < -0.4 is 10.1 Å². The molecule has 0 saturated carbocycles. The van der Waals surface area contributed by atoms with E-state index in [1.54, 1.807) is 0 Å². The van der Waals surface area contributed by atoms with Crippen LogP contribution in [0.25, 0.3) is 5.69 Å². The number of rotatable bonds is 6. The molecule has 3 aromatic rings. The van der Waals surface area contributed by atoms with Crippen molar-refractivity contribution >= 4 is 11.7 Å². The Balaban J connectivity index is 1.22. The van der Waals surface area contributed by atoms with Crippen molar-refractivity contribution in [1.29, 1.82) is 0 Å². The average Bonchev–Trinajstić information content (AvgIpc) is 3.30. The van der Waals surface area contributed by atoms with Crippen LogP contribution in [-0.2, 0) is 0 Å². The molecule has 0 radical (unpaired) electrons. The maximum absolute atomic E-state index is 12.6. The molecule has 6 nitrogen and oxygen atoms in total. The number of hydrogen-bond donors (Lipinski definition) is 1. The highest BCUT2D eigenvalue weighted by atomic mass is 16.5. The quantitative estimate of drug-likeness (QED) is 0.698. The molecule has 0 bridgehead atoms. The van der Waals surface area contributed by atoms with Gasteiger partial charge in [-0.3, -0.25) is 4.90 Å². The highest BCUT2D eigenvalue weighted by Crippen LogP contribution is 2.16. The van der Waals surface area contributed by atoms with Gasteiger partial charge < -0.3 is 19.5 Å². The number of nitrogens with zero attached hydrogens (tertiary/aromatic N) is 3. The van der Waals surface area contributed by atoms with E-state index >= 15 is 0 Å². The molecule has 1 aliphatic heterocycles. The molecule has 6 heteroatoms. The van der Waals surface area contributed by atoms with Crippen molar-refractivity contribution in [3.05, 3.63) is 79.1 Å². The van der Waals surface area contributed by atoms with Crippen LogP contribution in [0.5, 0.6) is 5.75 Å². The third-order valence-corrected chi connectivity index (χ3v) is 5.08. The lowest BCUT2D eigenvalue weighted by atomic mass is 10.2. The zero-order chi connectivity index (χ0) is 19.9. The summed E-state index contributed by atoms with van der Waals surface area (Å²) in [5, 5.41) is 3.02. The van der Waals surface area contributed by atoms with Crippen molar-refractivity contribution in [1.82, 2.24) is 14.4 Å². The number of hydrogen-bond acceptors (Lipinski definition) is 3. The molecule has 0 atom stereocenters. The minimum Gasteiger partial charge on any atom is -0.492 e. The van der Waals surface area contributed by atoms with Gasteiger partial charge in [0, 0.05) is 56.5 Å². The maximum atomic E-state index is 12.6. The second-order valence-electron chi connectivity index (χ2n) is 7.06. The molecule has 1 N–H and O–H groups in total. The van der Waals surface area contributed by atoms with E-state index in [0.717, 1.165) is 36.8 Å². The van der Waals surface area contributed by atoms with E-state index in [-0.39, 0.29) is 6.03 Å². The number of anilines is 1. The van der Waals surface area contributed by atoms with Crippen LogP contribution in [0.2, 0.25) is 0 Å². The lowest BCUT2D eigenvalue weighted by Crippen LogP contribution is -2.50. The summed E-state index contributed by atoms with van der Waals surface area (Å²) in [4.78, 5) is 16.8. The molecule has 2 amide bonds. The van der Waals surface area contributed by atoms with Gasteiger partial charge in [-0.25, -0.2) is 4.79 Å². The van der Waals surface area contributed by atoms with Gasteiger partial charge in [0.05, 0.1) is 0 Å². The molecular formula is C23H26N4O2. The fourth-order valence-electron chi connectivity index (χ4n) is 3.44. The van der Waals surface area contributed by atoms with E-state index in [9.17, 15) is 4.79 Å². The minimum absolute atomic E-state index is 0.0464. The van der Waals surface area contributed by atoms with E-state index < -0.39 is 0 Å². The number of carbonyl (C=O) groups excluding carboxylic acids is 1. The van der Waals surface area contributed by atoms with Crippen LogP contribution in [0, 0.1) is 0 Å². The number of urea groups is 1. The molecule has 29 heavy (non-hydrogen) atoms. The Kier molecular flexibility index (Phi) is 6.12. The molecule has 1 fully saturated rings. The Morgan fingerprint density at radius 2 is 1.66 bits per heavy atom. The number of amides is 2. The SMILES string of the molecule is O=C(Nc1cccc(-n2cccc2)c1)N1CCN(CCOc2ccccc2)CC1. The van der Waals surface area contributed by atoms with Gasteiger partial charge in [0.25, 0.3) is 0 Å². The Labute approximate surface area is 171 Å². The molecule has 2 heterocycles. The van der Waals surface area contributed by atoms with Crippen molar-refractivity contribution < 1.29 is 9.53 Å². The summed E-state index contributed by atoms with van der Waals surface area (Å²) in [6.07, 6.45) is 3.98. The summed E-state index contributed by atoms with van der Waals surface area (Å²) in [7, 11) is 0. The topological polar surface area (TPSA) is 49.7 Å². The van der Waals surface area contributed by atoms with Gasteiger partial charge in [-0.05, 0) is 42.5 Å². The molecule has 150 valence electrons. The third-order valence-electron chi connectivity index (χ3n) is 5.08. The fraction of sp³-hybridized carbons (Fsp3) is 0.261. The van der Waals surface area contributed by atoms with Crippen LogP contribution in [0.4, 0.5) is 10.5 Å². The van der Waals surface area contributed by atoms with E-state index in [0.29, 0.717) is 19.7 Å². The molecule has 0 unspecified atom stereocenters. The summed E-state index contributed by atoms with van der Waals surface area (Å²) >= 11 is 0. The lowest BCUT2D eigenvalue weighted by Gasteiger charge is -2.34. The van der Waals surface area contributed by atoms with E-state index in [1.165, 1.54) is 0 Å². The van der Waals surface area contributed by atoms with Gasteiger partial charge in [-0.1, -0.05) is 24.3 Å². The first-order valence-corrected chi connectivity index (χ1v) is 9.97. The van der Waals surface area contributed by atoms with Gasteiger partial charge in [-0.2, -0.15) is 0 Å². The van der Waals surface area contributed by atoms with Crippen LogP contribution in [0.3, 0.4) is 0 Å². The maximum Gasteiger partial charge on any atom is 0.321 e. The summed E-state index contributed by atoms with van der Waals surface area (Å²) in [5.74, 6) is 0.896.